The van der Waals surface area contributed by atoms with Crippen LogP contribution in [0.2, 0.25) is 0 Å². The van der Waals surface area contributed by atoms with Gasteiger partial charge < -0.3 is 0 Å². The minimum atomic E-state index is -2.02. The van der Waals surface area contributed by atoms with E-state index in [1.54, 1.807) is 0 Å². The normalized spacial score (nSPS) is 10.4. The van der Waals surface area contributed by atoms with Crippen LogP contribution in [0.1, 0.15) is 20.8 Å². The Balaban J connectivity index is 3.29. The number of hydrogen-bond donors (Lipinski definition) is 1. The molecule has 0 spiro atoms. The van der Waals surface area contributed by atoms with Crippen LogP contribution in [0.5, 0.6) is 0 Å². The first kappa shape index (κ1) is 10.3. The van der Waals surface area contributed by atoms with Gasteiger partial charge in [0.15, 0.2) is 0 Å². The molecule has 0 radical (unpaired) electrons. The van der Waals surface area contributed by atoms with Gasteiger partial charge in [-0.15, -0.1) is 0 Å². The van der Waals surface area contributed by atoms with Gasteiger partial charge in [-0.1, -0.05) is 0 Å². The van der Waals surface area contributed by atoms with E-state index in [2.05, 4.69) is 2.64 Å². The third-order valence-corrected chi connectivity index (χ3v) is 5.92. The van der Waals surface area contributed by atoms with E-state index in [1.165, 1.54) is 20.8 Å². The third-order valence-electron chi connectivity index (χ3n) is 0.674. The number of hydrogen-bond acceptors (Lipinski definition) is 4. The maximum atomic E-state index is 10.2. The van der Waals surface area contributed by atoms with Crippen LogP contribution in [-0.4, -0.2) is 16.9 Å². The van der Waals surface area contributed by atoms with E-state index in [-0.39, 0.29) is 5.97 Å². The Bertz CT molecular complexity index is 117. The van der Waals surface area contributed by atoms with Gasteiger partial charge in [-0.25, -0.2) is 0 Å². The zero-order valence-corrected chi connectivity index (χ0v) is 11.9. The summed E-state index contributed by atoms with van der Waals surface area (Å²) in [6.45, 7) is 4.35. The van der Waals surface area contributed by atoms with Crippen molar-refractivity contribution in [3.8, 4) is 0 Å². The average Bonchev–Trinajstić information content (AvgIpc) is 1.59. The molecule has 0 aromatic carbocycles. The second-order valence-corrected chi connectivity index (χ2v) is 5.51. The number of aliphatic hydroxyl groups is 1. The van der Waals surface area contributed by atoms with E-state index >= 15 is 0 Å². The summed E-state index contributed by atoms with van der Waals surface area (Å²) in [6, 6.07) is 0. The van der Waals surface area contributed by atoms with Gasteiger partial charge in [-0.2, -0.15) is 0 Å². The molecule has 4 nitrogen and oxygen atoms in total. The van der Waals surface area contributed by atoms with E-state index in [1.807, 2.05) is 0 Å². The maximum absolute atomic E-state index is 10.2. The van der Waals surface area contributed by atoms with E-state index in [9.17, 15) is 4.79 Å². The van der Waals surface area contributed by atoms with Crippen molar-refractivity contribution in [2.75, 3.05) is 0 Å². The molecule has 56 valence electrons. The minimum absolute atomic E-state index is 0.328. The molecule has 0 saturated heterocycles. The fourth-order valence-corrected chi connectivity index (χ4v) is 2.25. The molecule has 0 aliphatic carbocycles. The molecule has 5 heteroatoms. The van der Waals surface area contributed by atoms with E-state index in [0.29, 0.717) is 0 Å². The predicted octanol–water partition coefficient (Wildman–Crippen LogP) is 0.207. The molecule has 0 unspecified atom stereocenters. The van der Waals surface area contributed by atoms with Crippen molar-refractivity contribution in [3.05, 3.63) is 0 Å². The standard InChI is InChI=1S/C3H7O2.C2H4O2.Hg/c1-3(2,4)5;1-2(3)4;/h4H,1-2H3;1H3,(H,3,4);/q-1;;+2/p-1. The summed E-state index contributed by atoms with van der Waals surface area (Å²) in [5, 5.41) is 8.97. The van der Waals surface area contributed by atoms with Gasteiger partial charge >= 0.3 is 73.2 Å². The molecule has 0 aliphatic heterocycles. The van der Waals surface area contributed by atoms with Gasteiger partial charge in [-0.3, -0.25) is 0 Å². The van der Waals surface area contributed by atoms with Crippen molar-refractivity contribution in [2.45, 2.75) is 26.6 Å². The van der Waals surface area contributed by atoms with E-state index in [0.717, 1.165) is 0 Å². The first-order valence-corrected chi connectivity index (χ1v) is 7.40. The Morgan fingerprint density at radius 3 is 2.40 bits per heavy atom. The van der Waals surface area contributed by atoms with Crippen LogP contribution in [0.15, 0.2) is 0 Å². The summed E-state index contributed by atoms with van der Waals surface area (Å²) in [5.41, 5.74) is 0. The van der Waals surface area contributed by atoms with Crippen LogP contribution >= 0.6 is 0 Å². The summed E-state index contributed by atoms with van der Waals surface area (Å²) in [6.07, 6.45) is 0. The molecule has 0 saturated carbocycles. The van der Waals surface area contributed by atoms with Gasteiger partial charge in [0.2, 0.25) is 0 Å². The average molecular weight is 335 g/mol. The molecule has 0 aromatic heterocycles. The molecular formula is C5H10HgO4. The molecule has 0 fully saturated rings. The van der Waals surface area contributed by atoms with Crippen molar-refractivity contribution in [1.29, 1.82) is 0 Å². The SMILES string of the molecule is CC(=O)[O][Hg][O]C(C)(C)O. The van der Waals surface area contributed by atoms with Crippen molar-refractivity contribution in [1.82, 2.24) is 0 Å². The first-order chi connectivity index (χ1) is 4.42. The van der Waals surface area contributed by atoms with E-state index < -0.39 is 31.3 Å². The summed E-state index contributed by atoms with van der Waals surface area (Å²) < 4.78 is 9.49. The Morgan fingerprint density at radius 1 is 1.60 bits per heavy atom. The van der Waals surface area contributed by atoms with Gasteiger partial charge in [0.05, 0.1) is 0 Å². The number of carbonyl (C=O) groups is 1. The first-order valence-electron chi connectivity index (χ1n) is 2.91. The summed E-state index contributed by atoms with van der Waals surface area (Å²) in [4.78, 5) is 10.2. The molecule has 0 rings (SSSR count). The van der Waals surface area contributed by atoms with Crippen molar-refractivity contribution < 1.29 is 40.7 Å². The van der Waals surface area contributed by atoms with Gasteiger partial charge in [-0.05, 0) is 0 Å². The Kier molecular flexibility index (Phi) is 4.39. The quantitative estimate of drug-likeness (QED) is 0.592. The topological polar surface area (TPSA) is 55.8 Å². The second kappa shape index (κ2) is 4.25. The zero-order valence-electron chi connectivity index (χ0n) is 6.38. The Hall–Kier alpha value is 0.325. The molecule has 0 aliphatic rings. The van der Waals surface area contributed by atoms with Crippen LogP contribution in [0.4, 0.5) is 0 Å². The van der Waals surface area contributed by atoms with Gasteiger partial charge in [0, 0.05) is 0 Å². The monoisotopic (exact) mass is 336 g/mol. The molecular weight excluding hydrogens is 325 g/mol. The molecule has 0 heterocycles. The predicted molar refractivity (Wildman–Crippen MR) is 29.1 cm³/mol. The summed E-state index contributed by atoms with van der Waals surface area (Å²) in [7, 11) is 0. The fourth-order valence-electron chi connectivity index (χ4n) is 0.257. The molecule has 1 N–H and O–H groups in total. The molecule has 0 amide bonds. The molecule has 0 bridgehead atoms. The molecule has 0 aromatic rings. The van der Waals surface area contributed by atoms with Crippen molar-refractivity contribution in [3.63, 3.8) is 0 Å². The second-order valence-electron chi connectivity index (χ2n) is 2.34. The van der Waals surface area contributed by atoms with Crippen LogP contribution < -0.4 is 0 Å². The van der Waals surface area contributed by atoms with Crippen molar-refractivity contribution in [2.24, 2.45) is 0 Å². The summed E-state index contributed by atoms with van der Waals surface area (Å²) >= 11 is -2.02. The van der Waals surface area contributed by atoms with E-state index in [4.69, 9.17) is 7.75 Å². The van der Waals surface area contributed by atoms with Crippen LogP contribution in [0, 0.1) is 0 Å². The van der Waals surface area contributed by atoms with Gasteiger partial charge in [0.1, 0.15) is 0 Å². The van der Waals surface area contributed by atoms with Crippen LogP contribution in [0.25, 0.3) is 0 Å². The molecule has 10 heavy (non-hydrogen) atoms. The van der Waals surface area contributed by atoms with Crippen molar-refractivity contribution >= 4 is 5.97 Å². The summed E-state index contributed by atoms with van der Waals surface area (Å²) in [5.74, 6) is -1.47. The van der Waals surface area contributed by atoms with Gasteiger partial charge in [0.25, 0.3) is 0 Å². The van der Waals surface area contributed by atoms with Crippen LogP contribution in [0.3, 0.4) is 0 Å². The Morgan fingerprint density at radius 2 is 2.10 bits per heavy atom. The number of rotatable bonds is 3. The Labute approximate surface area is 73.3 Å². The molecule has 0 atom stereocenters. The van der Waals surface area contributed by atoms with Crippen LogP contribution in [-0.2, 0) is 35.6 Å². The third kappa shape index (κ3) is 8.33. The zero-order chi connectivity index (χ0) is 8.20. The fraction of sp³-hybridized carbons (Fsp3) is 0.800. The number of carbonyl (C=O) groups excluding carboxylic acids is 1.